The minimum Gasteiger partial charge on any atom is -0.340 e. The minimum absolute atomic E-state index is 0.259. The van der Waals surface area contributed by atoms with Crippen molar-refractivity contribution in [1.82, 2.24) is 9.97 Å². The molecule has 1 aromatic heterocycles. The maximum Gasteiger partial charge on any atom is 0.138 e. The first-order valence-electron chi connectivity index (χ1n) is 5.08. The van der Waals surface area contributed by atoms with E-state index in [2.05, 4.69) is 15.3 Å². The van der Waals surface area contributed by atoms with Crippen LogP contribution in [0.4, 0.5) is 15.9 Å². The highest BCUT2D eigenvalue weighted by atomic mass is 35.5. The Morgan fingerprint density at radius 3 is 2.71 bits per heavy atom. The third-order valence-corrected chi connectivity index (χ3v) is 2.85. The molecule has 5 heteroatoms. The summed E-state index contributed by atoms with van der Waals surface area (Å²) in [5.41, 5.74) is 2.36. The predicted octanol–water partition coefficient (Wildman–Crippen LogP) is 3.63. The van der Waals surface area contributed by atoms with Gasteiger partial charge in [0.2, 0.25) is 0 Å². The molecule has 1 heterocycles. The third kappa shape index (κ3) is 2.53. The van der Waals surface area contributed by atoms with Crippen LogP contribution in [0.15, 0.2) is 24.5 Å². The van der Waals surface area contributed by atoms with Crippen molar-refractivity contribution in [3.8, 4) is 0 Å². The minimum atomic E-state index is -0.259. The molecule has 3 nitrogen and oxygen atoms in total. The molecule has 0 spiro atoms. The number of nitrogens with one attached hydrogen (secondary N) is 1. The van der Waals surface area contributed by atoms with Gasteiger partial charge in [-0.15, -0.1) is 0 Å². The van der Waals surface area contributed by atoms with E-state index in [1.165, 1.54) is 18.5 Å². The molecule has 0 unspecified atom stereocenters. The van der Waals surface area contributed by atoms with Crippen molar-refractivity contribution in [2.24, 2.45) is 0 Å². The molecular formula is C12H11ClFN3. The number of hydrogen-bond acceptors (Lipinski definition) is 3. The van der Waals surface area contributed by atoms with Crippen LogP contribution < -0.4 is 5.32 Å². The summed E-state index contributed by atoms with van der Waals surface area (Å²) in [5.74, 6) is 0.366. The zero-order valence-corrected chi connectivity index (χ0v) is 10.2. The third-order valence-electron chi connectivity index (χ3n) is 2.46. The molecule has 0 fully saturated rings. The van der Waals surface area contributed by atoms with E-state index in [-0.39, 0.29) is 5.82 Å². The standard InChI is InChI=1S/C12H11ClFN3/c1-7-5-9(14)3-4-10(7)17-12-8(2)11(13)15-6-16-12/h3-6H,1-2H3,(H,15,16,17). The number of aryl methyl sites for hydroxylation is 1. The van der Waals surface area contributed by atoms with E-state index < -0.39 is 0 Å². The van der Waals surface area contributed by atoms with Crippen LogP contribution in [-0.4, -0.2) is 9.97 Å². The van der Waals surface area contributed by atoms with Crippen molar-refractivity contribution in [3.05, 3.63) is 46.6 Å². The first-order valence-corrected chi connectivity index (χ1v) is 5.46. The van der Waals surface area contributed by atoms with E-state index in [9.17, 15) is 4.39 Å². The van der Waals surface area contributed by atoms with Gasteiger partial charge in [0.15, 0.2) is 0 Å². The van der Waals surface area contributed by atoms with Gasteiger partial charge in [-0.1, -0.05) is 11.6 Å². The second-order valence-electron chi connectivity index (χ2n) is 3.72. The van der Waals surface area contributed by atoms with E-state index in [1.54, 1.807) is 6.07 Å². The molecule has 0 saturated carbocycles. The fourth-order valence-corrected chi connectivity index (χ4v) is 1.58. The lowest BCUT2D eigenvalue weighted by atomic mass is 10.2. The number of aromatic nitrogens is 2. The fourth-order valence-electron chi connectivity index (χ4n) is 1.45. The molecule has 1 aromatic carbocycles. The van der Waals surface area contributed by atoms with Gasteiger partial charge in [-0.3, -0.25) is 0 Å². The van der Waals surface area contributed by atoms with Crippen molar-refractivity contribution in [2.75, 3.05) is 5.32 Å². The Morgan fingerprint density at radius 2 is 2.00 bits per heavy atom. The van der Waals surface area contributed by atoms with Gasteiger partial charge in [0.1, 0.15) is 23.1 Å². The van der Waals surface area contributed by atoms with Crippen molar-refractivity contribution in [3.63, 3.8) is 0 Å². The average molecular weight is 252 g/mol. The summed E-state index contributed by atoms with van der Waals surface area (Å²) in [4.78, 5) is 7.97. The van der Waals surface area contributed by atoms with E-state index in [4.69, 9.17) is 11.6 Å². The Morgan fingerprint density at radius 1 is 1.24 bits per heavy atom. The molecule has 0 bridgehead atoms. The lowest BCUT2D eigenvalue weighted by Gasteiger charge is -2.11. The van der Waals surface area contributed by atoms with E-state index in [0.717, 1.165) is 16.8 Å². The van der Waals surface area contributed by atoms with Gasteiger partial charge in [-0.2, -0.15) is 0 Å². The Balaban J connectivity index is 2.35. The van der Waals surface area contributed by atoms with Crippen LogP contribution in [0.3, 0.4) is 0 Å². The molecule has 1 N–H and O–H groups in total. The normalized spacial score (nSPS) is 10.4. The summed E-state index contributed by atoms with van der Waals surface area (Å²) in [7, 11) is 0. The van der Waals surface area contributed by atoms with Crippen molar-refractivity contribution < 1.29 is 4.39 Å². The smallest absolute Gasteiger partial charge is 0.138 e. The van der Waals surface area contributed by atoms with Crippen LogP contribution in [0, 0.1) is 19.7 Å². The number of benzene rings is 1. The Labute approximate surface area is 104 Å². The molecule has 2 aromatic rings. The van der Waals surface area contributed by atoms with Crippen LogP contribution in [0.1, 0.15) is 11.1 Å². The number of halogens is 2. The van der Waals surface area contributed by atoms with E-state index in [1.807, 2.05) is 13.8 Å². The topological polar surface area (TPSA) is 37.8 Å². The maximum atomic E-state index is 13.0. The average Bonchev–Trinajstić information content (AvgIpc) is 2.28. The van der Waals surface area contributed by atoms with Crippen molar-refractivity contribution in [2.45, 2.75) is 13.8 Å². The molecule has 0 aliphatic carbocycles. The molecule has 0 aliphatic rings. The molecule has 17 heavy (non-hydrogen) atoms. The predicted molar refractivity (Wildman–Crippen MR) is 66.2 cm³/mol. The van der Waals surface area contributed by atoms with E-state index >= 15 is 0 Å². The maximum absolute atomic E-state index is 13.0. The molecule has 0 atom stereocenters. The molecule has 0 saturated heterocycles. The van der Waals surface area contributed by atoms with Gasteiger partial charge < -0.3 is 5.32 Å². The van der Waals surface area contributed by atoms with Gasteiger partial charge in [-0.05, 0) is 37.6 Å². The summed E-state index contributed by atoms with van der Waals surface area (Å²) < 4.78 is 13.0. The number of nitrogens with zero attached hydrogens (tertiary/aromatic N) is 2. The number of rotatable bonds is 2. The van der Waals surface area contributed by atoms with Crippen molar-refractivity contribution in [1.29, 1.82) is 0 Å². The van der Waals surface area contributed by atoms with Gasteiger partial charge in [0.05, 0.1) is 0 Å². The summed E-state index contributed by atoms with van der Waals surface area (Å²) in [5, 5.41) is 3.51. The first kappa shape index (κ1) is 11.8. The zero-order chi connectivity index (χ0) is 12.4. The molecule has 2 rings (SSSR count). The lowest BCUT2D eigenvalue weighted by molar-refractivity contribution is 0.627. The second kappa shape index (κ2) is 4.67. The summed E-state index contributed by atoms with van der Waals surface area (Å²) >= 11 is 5.89. The Hall–Kier alpha value is -1.68. The second-order valence-corrected chi connectivity index (χ2v) is 4.08. The SMILES string of the molecule is Cc1cc(F)ccc1Nc1ncnc(Cl)c1C. The molecule has 0 aliphatic heterocycles. The summed E-state index contributed by atoms with van der Waals surface area (Å²) in [6.07, 6.45) is 1.39. The van der Waals surface area contributed by atoms with E-state index in [0.29, 0.717) is 11.0 Å². The molecule has 88 valence electrons. The zero-order valence-electron chi connectivity index (χ0n) is 9.46. The van der Waals surface area contributed by atoms with Gasteiger partial charge in [0.25, 0.3) is 0 Å². The Kier molecular flexibility index (Phi) is 3.24. The lowest BCUT2D eigenvalue weighted by Crippen LogP contribution is -1.99. The molecule has 0 radical (unpaired) electrons. The van der Waals surface area contributed by atoms with Gasteiger partial charge in [0, 0.05) is 11.3 Å². The van der Waals surface area contributed by atoms with Crippen LogP contribution in [0.5, 0.6) is 0 Å². The quantitative estimate of drug-likeness (QED) is 0.829. The highest BCUT2D eigenvalue weighted by Gasteiger charge is 2.06. The highest BCUT2D eigenvalue weighted by Crippen LogP contribution is 2.24. The van der Waals surface area contributed by atoms with Crippen LogP contribution >= 0.6 is 11.6 Å². The number of anilines is 2. The summed E-state index contributed by atoms with van der Waals surface area (Å²) in [6, 6.07) is 4.52. The largest absolute Gasteiger partial charge is 0.340 e. The molecular weight excluding hydrogens is 241 g/mol. The monoisotopic (exact) mass is 251 g/mol. The number of hydrogen-bond donors (Lipinski definition) is 1. The van der Waals surface area contributed by atoms with Crippen LogP contribution in [0.2, 0.25) is 5.15 Å². The Bertz CT molecular complexity index is 557. The fraction of sp³-hybridized carbons (Fsp3) is 0.167. The van der Waals surface area contributed by atoms with Crippen LogP contribution in [0.25, 0.3) is 0 Å². The van der Waals surface area contributed by atoms with Gasteiger partial charge in [-0.25, -0.2) is 14.4 Å². The van der Waals surface area contributed by atoms with Gasteiger partial charge >= 0.3 is 0 Å². The highest BCUT2D eigenvalue weighted by molar-refractivity contribution is 6.30. The van der Waals surface area contributed by atoms with Crippen LogP contribution in [-0.2, 0) is 0 Å². The summed E-state index contributed by atoms with van der Waals surface area (Å²) in [6.45, 7) is 3.65. The molecule has 0 amide bonds. The van der Waals surface area contributed by atoms with Crippen molar-refractivity contribution >= 4 is 23.1 Å². The first-order chi connectivity index (χ1) is 8.08.